The summed E-state index contributed by atoms with van der Waals surface area (Å²) in [5.74, 6) is 0.0343. The average Bonchev–Trinajstić information content (AvgIpc) is 2.69. The van der Waals surface area contributed by atoms with Gasteiger partial charge in [-0.3, -0.25) is 0 Å². The van der Waals surface area contributed by atoms with Gasteiger partial charge in [0, 0.05) is 0 Å². The molecular weight excluding hydrogens is 214 g/mol. The Hall–Kier alpha value is -2.42. The molecule has 0 fully saturated rings. The van der Waals surface area contributed by atoms with Crippen LogP contribution in [0.25, 0.3) is 0 Å². The second kappa shape index (κ2) is 3.87. The number of aliphatic imine (C=N–C) groups is 1. The zero-order chi connectivity index (χ0) is 11.7. The van der Waals surface area contributed by atoms with E-state index in [1.807, 2.05) is 48.5 Å². The number of hydrogen-bond acceptors (Lipinski definition) is 3. The number of esters is 1. The number of carbonyl (C=O) groups excluding carboxylic acids is 1. The van der Waals surface area contributed by atoms with Crippen LogP contribution in [0.3, 0.4) is 0 Å². The number of fused-ring (bicyclic) bond motifs is 1. The maximum Gasteiger partial charge on any atom is 0.345 e. The summed E-state index contributed by atoms with van der Waals surface area (Å²) in [5.41, 5.74) is 2.09. The molecule has 0 atom stereocenters. The van der Waals surface area contributed by atoms with Gasteiger partial charge < -0.3 is 4.74 Å². The monoisotopic (exact) mass is 223 g/mol. The van der Waals surface area contributed by atoms with Crippen molar-refractivity contribution >= 4 is 17.6 Å². The van der Waals surface area contributed by atoms with E-state index in [1.54, 1.807) is 6.07 Å². The molecule has 0 saturated heterocycles. The minimum Gasteiger partial charge on any atom is -0.403 e. The van der Waals surface area contributed by atoms with Gasteiger partial charge in [0.15, 0.2) is 0 Å². The number of ether oxygens (including phenoxy) is 1. The van der Waals surface area contributed by atoms with Crippen molar-refractivity contribution in [2.75, 3.05) is 0 Å². The zero-order valence-electron chi connectivity index (χ0n) is 8.96. The third kappa shape index (κ3) is 1.72. The molecule has 82 valence electrons. The van der Waals surface area contributed by atoms with E-state index in [-0.39, 0.29) is 5.97 Å². The minimum absolute atomic E-state index is 0.338. The van der Waals surface area contributed by atoms with Crippen LogP contribution in [0.2, 0.25) is 0 Å². The highest BCUT2D eigenvalue weighted by molar-refractivity contribution is 6.17. The summed E-state index contributed by atoms with van der Waals surface area (Å²) in [6.45, 7) is 0. The summed E-state index contributed by atoms with van der Waals surface area (Å²) in [6, 6.07) is 16.7. The van der Waals surface area contributed by atoms with Crippen LogP contribution in [0.15, 0.2) is 59.6 Å². The second-order valence-corrected chi connectivity index (χ2v) is 3.69. The van der Waals surface area contributed by atoms with Gasteiger partial charge in [-0.2, -0.15) is 0 Å². The summed E-state index contributed by atoms with van der Waals surface area (Å²) in [6.07, 6.45) is 0. The van der Waals surface area contributed by atoms with E-state index in [0.29, 0.717) is 11.5 Å². The third-order valence-electron chi connectivity index (χ3n) is 2.55. The van der Waals surface area contributed by atoms with Gasteiger partial charge in [0.05, 0.1) is 16.8 Å². The van der Waals surface area contributed by atoms with Crippen LogP contribution >= 0.6 is 0 Å². The predicted molar refractivity (Wildman–Crippen MR) is 64.5 cm³/mol. The number of cyclic esters (lactones) is 1. The maximum absolute atomic E-state index is 11.6. The quantitative estimate of drug-likeness (QED) is 0.697. The molecule has 3 rings (SSSR count). The van der Waals surface area contributed by atoms with Crippen molar-refractivity contribution in [3.8, 4) is 0 Å². The fourth-order valence-electron chi connectivity index (χ4n) is 1.75. The summed E-state index contributed by atoms with van der Waals surface area (Å²) in [5, 5.41) is 0. The van der Waals surface area contributed by atoms with Crippen molar-refractivity contribution in [3.63, 3.8) is 0 Å². The standard InChI is InChI=1S/C14H9NO2/c16-14-12-9-5-4-8-11(12)13(17-14)15-10-6-2-1-3-7-10/h1-9H. The first kappa shape index (κ1) is 9.78. The van der Waals surface area contributed by atoms with E-state index in [1.165, 1.54) is 0 Å². The molecule has 3 heteroatoms. The van der Waals surface area contributed by atoms with Gasteiger partial charge in [0.2, 0.25) is 5.90 Å². The second-order valence-electron chi connectivity index (χ2n) is 3.69. The van der Waals surface area contributed by atoms with E-state index >= 15 is 0 Å². The van der Waals surface area contributed by atoms with Crippen LogP contribution in [-0.4, -0.2) is 11.9 Å². The molecule has 2 aromatic carbocycles. The highest BCUT2D eigenvalue weighted by Gasteiger charge is 2.26. The molecule has 1 heterocycles. The molecule has 0 spiro atoms. The van der Waals surface area contributed by atoms with Crippen molar-refractivity contribution in [2.24, 2.45) is 4.99 Å². The maximum atomic E-state index is 11.6. The number of para-hydroxylation sites is 1. The predicted octanol–water partition coefficient (Wildman–Crippen LogP) is 2.94. The first-order chi connectivity index (χ1) is 8.34. The highest BCUT2D eigenvalue weighted by Crippen LogP contribution is 2.22. The van der Waals surface area contributed by atoms with Crippen molar-refractivity contribution in [3.05, 3.63) is 65.7 Å². The summed E-state index contributed by atoms with van der Waals surface area (Å²) in [7, 11) is 0. The Bertz CT molecular complexity index is 603. The molecular formula is C14H9NO2. The molecule has 0 aromatic heterocycles. The van der Waals surface area contributed by atoms with Gasteiger partial charge in [-0.15, -0.1) is 0 Å². The first-order valence-corrected chi connectivity index (χ1v) is 5.30. The Morgan fingerprint density at radius 2 is 1.47 bits per heavy atom. The van der Waals surface area contributed by atoms with Crippen LogP contribution in [0.4, 0.5) is 5.69 Å². The van der Waals surface area contributed by atoms with Crippen LogP contribution < -0.4 is 0 Å². The van der Waals surface area contributed by atoms with Gasteiger partial charge in [0.1, 0.15) is 0 Å². The van der Waals surface area contributed by atoms with Crippen molar-refractivity contribution in [1.82, 2.24) is 0 Å². The Morgan fingerprint density at radius 1 is 0.824 bits per heavy atom. The number of nitrogens with zero attached hydrogens (tertiary/aromatic N) is 1. The molecule has 3 nitrogen and oxygen atoms in total. The largest absolute Gasteiger partial charge is 0.403 e. The topological polar surface area (TPSA) is 38.7 Å². The van der Waals surface area contributed by atoms with E-state index < -0.39 is 0 Å². The van der Waals surface area contributed by atoms with Crippen LogP contribution in [0.1, 0.15) is 15.9 Å². The van der Waals surface area contributed by atoms with Crippen LogP contribution in [0.5, 0.6) is 0 Å². The van der Waals surface area contributed by atoms with E-state index in [2.05, 4.69) is 4.99 Å². The molecule has 0 bridgehead atoms. The molecule has 0 unspecified atom stereocenters. The smallest absolute Gasteiger partial charge is 0.345 e. The molecule has 0 aliphatic carbocycles. The fraction of sp³-hybridized carbons (Fsp3) is 0. The Balaban J connectivity index is 2.08. The summed E-state index contributed by atoms with van der Waals surface area (Å²) in [4.78, 5) is 15.9. The number of benzene rings is 2. The van der Waals surface area contributed by atoms with Crippen molar-refractivity contribution in [2.45, 2.75) is 0 Å². The van der Waals surface area contributed by atoms with Gasteiger partial charge in [-0.1, -0.05) is 30.3 Å². The van der Waals surface area contributed by atoms with Gasteiger partial charge >= 0.3 is 5.97 Å². The summed E-state index contributed by atoms with van der Waals surface area (Å²) >= 11 is 0. The van der Waals surface area contributed by atoms with Crippen molar-refractivity contribution < 1.29 is 9.53 Å². The Kier molecular flexibility index (Phi) is 2.22. The lowest BCUT2D eigenvalue weighted by Gasteiger charge is -1.97. The molecule has 17 heavy (non-hydrogen) atoms. The summed E-state index contributed by atoms with van der Waals surface area (Å²) < 4.78 is 5.15. The average molecular weight is 223 g/mol. The molecule has 2 aromatic rings. The van der Waals surface area contributed by atoms with Crippen LogP contribution in [0, 0.1) is 0 Å². The zero-order valence-corrected chi connectivity index (χ0v) is 8.96. The molecule has 0 N–H and O–H groups in total. The number of hydrogen-bond donors (Lipinski definition) is 0. The minimum atomic E-state index is -0.338. The molecule has 0 amide bonds. The highest BCUT2D eigenvalue weighted by atomic mass is 16.5. The Labute approximate surface area is 98.4 Å². The van der Waals surface area contributed by atoms with E-state index in [0.717, 1.165) is 11.3 Å². The van der Waals surface area contributed by atoms with Gasteiger partial charge in [-0.25, -0.2) is 9.79 Å². The fourth-order valence-corrected chi connectivity index (χ4v) is 1.75. The third-order valence-corrected chi connectivity index (χ3v) is 2.55. The molecule has 0 saturated carbocycles. The van der Waals surface area contributed by atoms with E-state index in [9.17, 15) is 4.79 Å². The molecule has 0 radical (unpaired) electrons. The number of rotatable bonds is 1. The number of carbonyl (C=O) groups is 1. The molecule has 1 aliphatic heterocycles. The van der Waals surface area contributed by atoms with Crippen LogP contribution in [-0.2, 0) is 4.74 Å². The SMILES string of the molecule is O=C1OC(=Nc2ccccc2)c2ccccc21. The van der Waals surface area contributed by atoms with Crippen molar-refractivity contribution in [1.29, 1.82) is 0 Å². The first-order valence-electron chi connectivity index (χ1n) is 5.30. The normalized spacial score (nSPS) is 15.8. The van der Waals surface area contributed by atoms with Gasteiger partial charge in [-0.05, 0) is 24.3 Å². The van der Waals surface area contributed by atoms with E-state index in [4.69, 9.17) is 4.74 Å². The lowest BCUT2D eigenvalue weighted by Crippen LogP contribution is -1.99. The van der Waals surface area contributed by atoms with Gasteiger partial charge in [0.25, 0.3) is 0 Å². The lowest BCUT2D eigenvalue weighted by molar-refractivity contribution is 0.0737. The molecule has 1 aliphatic rings. The Morgan fingerprint density at radius 3 is 2.24 bits per heavy atom. The lowest BCUT2D eigenvalue weighted by atomic mass is 10.1.